The topological polar surface area (TPSA) is 69.0 Å². The molecule has 6 aromatic rings. The Balaban J connectivity index is 0.00000158. The average molecular weight is 784 g/mol. The summed E-state index contributed by atoms with van der Waals surface area (Å²) in [6, 6.07) is 36.5. The van der Waals surface area contributed by atoms with Crippen LogP contribution in [-0.2, 0) is 44.7 Å². The van der Waals surface area contributed by atoms with Crippen molar-refractivity contribution < 1.29 is 32.7 Å². The van der Waals surface area contributed by atoms with E-state index >= 15 is 0 Å². The van der Waals surface area contributed by atoms with Gasteiger partial charge in [0.05, 0.1) is 5.54 Å². The third-order valence-corrected chi connectivity index (χ3v) is 11.3. The zero-order valence-corrected chi connectivity index (χ0v) is 33.9. The molecule has 0 saturated carbocycles. The molecular weight excluding hydrogens is 742 g/mol. The number of aromatic nitrogens is 1. The number of rotatable bonds is 10. The fourth-order valence-electron chi connectivity index (χ4n) is 7.36. The van der Waals surface area contributed by atoms with Crippen molar-refractivity contribution in [3.05, 3.63) is 183 Å². The molecule has 4 aromatic carbocycles. The summed E-state index contributed by atoms with van der Waals surface area (Å²) in [5.74, 6) is 8.00. The minimum absolute atomic E-state index is 0. The van der Waals surface area contributed by atoms with E-state index in [0.717, 1.165) is 36.1 Å². The van der Waals surface area contributed by atoms with E-state index in [9.17, 15) is 0 Å². The number of nitrogens with two attached hydrogens (primary N) is 2. The molecule has 0 bridgehead atoms. The Morgan fingerprint density at radius 3 is 2.53 bits per heavy atom. The summed E-state index contributed by atoms with van der Waals surface area (Å²) in [5.41, 5.74) is 16.7. The van der Waals surface area contributed by atoms with Crippen LogP contribution >= 0.6 is 11.3 Å². The predicted molar refractivity (Wildman–Crippen MR) is 221 cm³/mol. The van der Waals surface area contributed by atoms with Crippen molar-refractivity contribution in [1.82, 2.24) is 9.88 Å². The van der Waals surface area contributed by atoms with Gasteiger partial charge in [-0.3, -0.25) is 34.2 Å². The quantitative estimate of drug-likeness (QED) is 0.0429. The van der Waals surface area contributed by atoms with E-state index in [1.54, 1.807) is 0 Å². The second-order valence-corrected chi connectivity index (χ2v) is 14.0. The van der Waals surface area contributed by atoms with Gasteiger partial charge in [0.15, 0.2) is 0 Å². The van der Waals surface area contributed by atoms with Crippen molar-refractivity contribution >= 4 is 56.1 Å². The first-order chi connectivity index (χ1) is 25.6. The predicted octanol–water partition coefficient (Wildman–Crippen LogP) is 8.57. The zero-order valence-electron chi connectivity index (χ0n) is 30.2. The number of hydrazine groups is 1. The minimum atomic E-state index is -0.477. The largest absolute Gasteiger partial charge is 0.351 e. The molecule has 8 rings (SSSR count). The van der Waals surface area contributed by atoms with E-state index in [0.29, 0.717) is 6.54 Å². The minimum Gasteiger partial charge on any atom is -0.351 e. The number of hydrogen-bond donors (Lipinski definition) is 3. The Labute approximate surface area is 341 Å². The third-order valence-electron chi connectivity index (χ3n) is 10.0. The van der Waals surface area contributed by atoms with E-state index in [1.807, 2.05) is 23.5 Å². The summed E-state index contributed by atoms with van der Waals surface area (Å²) in [6.45, 7) is 9.29. The molecule has 5 N–H and O–H groups in total. The van der Waals surface area contributed by atoms with Crippen molar-refractivity contribution in [2.24, 2.45) is 11.7 Å². The van der Waals surface area contributed by atoms with Gasteiger partial charge in [-0.15, -0.1) is 29.5 Å². The smallest absolute Gasteiger partial charge is 0.0664 e. The maximum atomic E-state index is 4.09. The molecular formula is C47H42N4SY-2. The van der Waals surface area contributed by atoms with E-state index < -0.39 is 5.54 Å². The molecule has 1 unspecified atom stereocenters. The van der Waals surface area contributed by atoms with Gasteiger partial charge in [0.2, 0.25) is 0 Å². The molecule has 1 radical (unpaired) electrons. The van der Waals surface area contributed by atoms with Crippen LogP contribution in [0.1, 0.15) is 53.8 Å². The molecule has 1 atom stereocenters. The van der Waals surface area contributed by atoms with Gasteiger partial charge in [0.25, 0.3) is 0 Å². The molecule has 2 heterocycles. The van der Waals surface area contributed by atoms with Crippen LogP contribution in [0.2, 0.25) is 0 Å². The monoisotopic (exact) mass is 783 g/mol. The molecule has 0 saturated heterocycles. The summed E-state index contributed by atoms with van der Waals surface area (Å²) in [7, 11) is 0. The molecule has 0 aliphatic heterocycles. The number of fused-ring (bicyclic) bond motifs is 4. The van der Waals surface area contributed by atoms with Gasteiger partial charge in [0, 0.05) is 75.7 Å². The van der Waals surface area contributed by atoms with Gasteiger partial charge in [-0.1, -0.05) is 105 Å². The third kappa shape index (κ3) is 7.42. The van der Waals surface area contributed by atoms with E-state index in [2.05, 4.69) is 181 Å². The van der Waals surface area contributed by atoms with Gasteiger partial charge in [-0.2, -0.15) is 6.07 Å². The normalized spacial score (nSPS) is 14.3. The first-order valence-electron chi connectivity index (χ1n) is 17.7. The first-order valence-corrected chi connectivity index (χ1v) is 18.5. The molecule has 2 aliphatic rings. The van der Waals surface area contributed by atoms with Gasteiger partial charge < -0.3 is 4.57 Å². The molecule has 53 heavy (non-hydrogen) atoms. The van der Waals surface area contributed by atoms with Crippen LogP contribution in [0.5, 0.6) is 0 Å². The maximum Gasteiger partial charge on any atom is 0.0664 e. The standard InChI is InChI=1S/C47H38N2S.H4N2.Y/c1-4-16-35(46-39(5-2)41-22-13-15-24-45(41)50-46)32-48-47(3,36-19-10-7-11-20-36)37-27-30-44-42(31-37)40-21-12-14-23-43(40)49(44)38-28-25-34(26-29-38)33-17-8-6-9-18-33;1-2;/h4,7-8,10-12,14-17,19-21,23-25,27-31,48H,1,5-6,9,32H2,2-3H3;1-2H2;/q-2;;/b35-16-;;. The van der Waals surface area contributed by atoms with E-state index in [4.69, 9.17) is 0 Å². The number of para-hydroxylation sites is 1. The Kier molecular flexibility index (Phi) is 12.4. The van der Waals surface area contributed by atoms with Crippen molar-refractivity contribution in [3.63, 3.8) is 0 Å². The number of nitrogens with zero attached hydrogens (tertiary/aromatic N) is 1. The second-order valence-electron chi connectivity index (χ2n) is 13.0. The number of thiophene rings is 1. The fraction of sp³-hybridized carbons (Fsp3) is 0.149. The van der Waals surface area contributed by atoms with Crippen LogP contribution in [0.3, 0.4) is 0 Å². The molecule has 0 spiro atoms. The van der Waals surface area contributed by atoms with Gasteiger partial charge >= 0.3 is 0 Å². The maximum absolute atomic E-state index is 4.09. The van der Waals surface area contributed by atoms with Crippen molar-refractivity contribution in [2.75, 3.05) is 6.54 Å². The molecule has 4 nitrogen and oxygen atoms in total. The summed E-state index contributed by atoms with van der Waals surface area (Å²) in [6.07, 6.45) is 19.0. The number of nitrogens with one attached hydrogen (secondary N) is 1. The Bertz CT molecular complexity index is 2570. The van der Waals surface area contributed by atoms with Crippen molar-refractivity contribution in [3.8, 4) is 5.69 Å². The van der Waals surface area contributed by atoms with Crippen LogP contribution in [-0.4, -0.2) is 11.1 Å². The molecule has 2 aromatic heterocycles. The van der Waals surface area contributed by atoms with Crippen LogP contribution in [0.15, 0.2) is 134 Å². The SMILES string of the molecule is C=C/C=C(/CNC(C)(c1ccccc1)c1ccc2c(c1)c1ccccc1n2-c1c[c-]c(C2=[C-]CCC=C2)cc1)c1sc2c(c1CC)=C=C=CC=2.NN.[Y]. The van der Waals surface area contributed by atoms with Gasteiger partial charge in [0.1, 0.15) is 0 Å². The number of allylic oxidation sites excluding steroid dienone is 7. The average Bonchev–Trinajstić information content (AvgIpc) is 3.76. The molecule has 6 heteroatoms. The van der Waals surface area contributed by atoms with E-state index in [-0.39, 0.29) is 32.7 Å². The Morgan fingerprint density at radius 1 is 1.00 bits per heavy atom. The van der Waals surface area contributed by atoms with Crippen LogP contribution in [0, 0.1) is 12.1 Å². The summed E-state index contributed by atoms with van der Waals surface area (Å²) >= 11 is 1.83. The second kappa shape index (κ2) is 17.2. The molecule has 2 aliphatic carbocycles. The van der Waals surface area contributed by atoms with Crippen molar-refractivity contribution in [1.29, 1.82) is 0 Å². The summed E-state index contributed by atoms with van der Waals surface area (Å²) in [4.78, 5) is 1.29. The molecule has 0 amide bonds. The van der Waals surface area contributed by atoms with Gasteiger partial charge in [-0.25, -0.2) is 12.1 Å². The number of hydrogen-bond acceptors (Lipinski definition) is 4. The fourth-order valence-corrected chi connectivity index (χ4v) is 8.63. The van der Waals surface area contributed by atoms with Crippen molar-refractivity contribution in [2.45, 2.75) is 38.6 Å². The molecule has 261 valence electrons. The molecule has 0 fully saturated rings. The zero-order chi connectivity index (χ0) is 36.1. The Morgan fingerprint density at radius 2 is 1.79 bits per heavy atom. The van der Waals surface area contributed by atoms with Gasteiger partial charge in [-0.05, 0) is 71.6 Å². The van der Waals surface area contributed by atoms with Crippen LogP contribution < -0.4 is 26.8 Å². The van der Waals surface area contributed by atoms with Crippen LogP contribution in [0.25, 0.3) is 50.4 Å². The first kappa shape index (κ1) is 38.4. The Hall–Kier alpha value is -4.38. The summed E-state index contributed by atoms with van der Waals surface area (Å²) in [5, 5.41) is 7.67. The number of benzene rings is 4. The van der Waals surface area contributed by atoms with E-state index in [1.165, 1.54) is 58.7 Å². The van der Waals surface area contributed by atoms with Crippen LogP contribution in [0.4, 0.5) is 0 Å². The summed E-state index contributed by atoms with van der Waals surface area (Å²) < 4.78 is 3.61.